The number of fused-ring (bicyclic) bond motifs is 1. The molecule has 7 heteroatoms. The van der Waals surface area contributed by atoms with Crippen LogP contribution in [0.1, 0.15) is 40.2 Å². The molecule has 0 saturated carbocycles. The molecule has 2 aromatic rings. The molecule has 1 heterocycles. The van der Waals surface area contributed by atoms with Gasteiger partial charge in [-0.15, -0.1) is 4.99 Å². The number of amides is 1. The topological polar surface area (TPSA) is 80.9 Å². The smallest absolute Gasteiger partial charge is 0.436 e. The fourth-order valence-electron chi connectivity index (χ4n) is 2.20. The molecular weight excluding hydrogens is 316 g/mol. The van der Waals surface area contributed by atoms with E-state index in [2.05, 4.69) is 4.99 Å². The summed E-state index contributed by atoms with van der Waals surface area (Å²) in [6, 6.07) is 6.61. The first kappa shape index (κ1) is 17.2. The fourth-order valence-corrected chi connectivity index (χ4v) is 3.26. The van der Waals surface area contributed by atoms with E-state index in [4.69, 9.17) is 4.74 Å². The van der Waals surface area contributed by atoms with Gasteiger partial charge in [-0.05, 0) is 39.3 Å². The van der Waals surface area contributed by atoms with Crippen LogP contribution >= 0.6 is 11.3 Å². The lowest BCUT2D eigenvalue weighted by Crippen LogP contribution is -2.29. The standard InChI is InChI=1S/C16H20N2O4S/c1-5-10(13(19)20)18-11-8-6-7-9-12(11)23-14(18)17-15(21)22-16(2,3)4/h6-10H,5H2,1-4H3,(H,19,20). The molecule has 124 valence electrons. The Labute approximate surface area is 138 Å². The minimum atomic E-state index is -0.957. The number of ether oxygens (including phenoxy) is 1. The monoisotopic (exact) mass is 336 g/mol. The van der Waals surface area contributed by atoms with Crippen molar-refractivity contribution in [3.05, 3.63) is 29.1 Å². The zero-order valence-corrected chi connectivity index (χ0v) is 14.4. The Morgan fingerprint density at radius 3 is 2.57 bits per heavy atom. The van der Waals surface area contributed by atoms with Crippen molar-refractivity contribution < 1.29 is 19.4 Å². The van der Waals surface area contributed by atoms with Crippen molar-refractivity contribution in [3.8, 4) is 0 Å². The fraction of sp³-hybridized carbons (Fsp3) is 0.438. The van der Waals surface area contributed by atoms with Crippen LogP contribution in [0.5, 0.6) is 0 Å². The first-order valence-corrected chi connectivity index (χ1v) is 8.15. The predicted molar refractivity (Wildman–Crippen MR) is 88.6 cm³/mol. The molecule has 1 unspecified atom stereocenters. The van der Waals surface area contributed by atoms with E-state index in [1.807, 2.05) is 24.3 Å². The van der Waals surface area contributed by atoms with Crippen molar-refractivity contribution in [1.82, 2.24) is 4.57 Å². The number of hydrogen-bond donors (Lipinski definition) is 1. The van der Waals surface area contributed by atoms with Crippen LogP contribution in [0, 0.1) is 0 Å². The molecule has 1 atom stereocenters. The second-order valence-corrected chi connectivity index (χ2v) is 7.09. The first-order valence-electron chi connectivity index (χ1n) is 7.33. The van der Waals surface area contributed by atoms with Gasteiger partial charge in [0.25, 0.3) is 0 Å². The van der Waals surface area contributed by atoms with Crippen molar-refractivity contribution in [2.45, 2.75) is 45.8 Å². The number of carboxylic acids is 1. The zero-order valence-electron chi connectivity index (χ0n) is 13.6. The highest BCUT2D eigenvalue weighted by Crippen LogP contribution is 2.22. The van der Waals surface area contributed by atoms with Gasteiger partial charge in [-0.1, -0.05) is 30.4 Å². The van der Waals surface area contributed by atoms with Crippen LogP contribution in [0.25, 0.3) is 10.2 Å². The van der Waals surface area contributed by atoms with E-state index in [1.165, 1.54) is 11.3 Å². The molecular formula is C16H20N2O4S. The summed E-state index contributed by atoms with van der Waals surface area (Å²) in [5, 5.41) is 9.48. The minimum absolute atomic E-state index is 0.328. The molecule has 1 aromatic carbocycles. The number of nitrogens with zero attached hydrogens (tertiary/aromatic N) is 2. The lowest BCUT2D eigenvalue weighted by Gasteiger charge is -2.17. The Morgan fingerprint density at radius 1 is 1.35 bits per heavy atom. The third-order valence-corrected chi connectivity index (χ3v) is 4.13. The van der Waals surface area contributed by atoms with Gasteiger partial charge in [0.1, 0.15) is 11.6 Å². The van der Waals surface area contributed by atoms with Crippen molar-refractivity contribution in [3.63, 3.8) is 0 Å². The van der Waals surface area contributed by atoms with Gasteiger partial charge in [-0.2, -0.15) is 0 Å². The first-order chi connectivity index (χ1) is 10.7. The third-order valence-electron chi connectivity index (χ3n) is 3.10. The summed E-state index contributed by atoms with van der Waals surface area (Å²) in [6.07, 6.45) is -0.338. The number of carbonyl (C=O) groups excluding carboxylic acids is 1. The average Bonchev–Trinajstić information content (AvgIpc) is 2.75. The number of carbonyl (C=O) groups is 2. The van der Waals surface area contributed by atoms with Crippen LogP contribution in [0.15, 0.2) is 29.3 Å². The van der Waals surface area contributed by atoms with Gasteiger partial charge in [-0.3, -0.25) is 0 Å². The molecule has 0 aliphatic rings. The van der Waals surface area contributed by atoms with Crippen LogP contribution in [0.2, 0.25) is 0 Å². The molecule has 1 aromatic heterocycles. The van der Waals surface area contributed by atoms with Gasteiger partial charge in [0, 0.05) is 0 Å². The summed E-state index contributed by atoms with van der Waals surface area (Å²) in [5.41, 5.74) is 0.0908. The molecule has 6 nitrogen and oxygen atoms in total. The summed E-state index contributed by atoms with van der Waals surface area (Å²) in [4.78, 5) is 27.9. The number of aliphatic carboxylic acids is 1. The van der Waals surface area contributed by atoms with Crippen LogP contribution in [0.3, 0.4) is 0 Å². The van der Waals surface area contributed by atoms with Crippen molar-refractivity contribution in [2.24, 2.45) is 4.99 Å². The van der Waals surface area contributed by atoms with Gasteiger partial charge >= 0.3 is 12.1 Å². The summed E-state index contributed by atoms with van der Waals surface area (Å²) in [6.45, 7) is 7.05. The van der Waals surface area contributed by atoms with Gasteiger partial charge in [0.15, 0.2) is 4.80 Å². The Hall–Kier alpha value is -2.15. The van der Waals surface area contributed by atoms with Gasteiger partial charge in [-0.25, -0.2) is 9.59 Å². The second kappa shape index (κ2) is 6.54. The van der Waals surface area contributed by atoms with Crippen LogP contribution in [-0.4, -0.2) is 27.3 Å². The van der Waals surface area contributed by atoms with Crippen LogP contribution in [0.4, 0.5) is 4.79 Å². The van der Waals surface area contributed by atoms with E-state index in [0.717, 1.165) is 10.2 Å². The quantitative estimate of drug-likeness (QED) is 0.929. The predicted octanol–water partition coefficient (Wildman–Crippen LogP) is 3.57. The lowest BCUT2D eigenvalue weighted by atomic mass is 10.2. The number of hydrogen-bond acceptors (Lipinski definition) is 4. The maximum atomic E-state index is 12.0. The Balaban J connectivity index is 2.63. The molecule has 0 fully saturated rings. The maximum absolute atomic E-state index is 12.0. The zero-order chi connectivity index (χ0) is 17.2. The van der Waals surface area contributed by atoms with E-state index in [0.29, 0.717) is 11.2 Å². The van der Waals surface area contributed by atoms with Crippen LogP contribution in [-0.2, 0) is 9.53 Å². The normalized spacial score (nSPS) is 14.0. The van der Waals surface area contributed by atoms with Gasteiger partial charge in [0.2, 0.25) is 0 Å². The maximum Gasteiger partial charge on any atom is 0.436 e. The summed E-state index contributed by atoms with van der Waals surface area (Å²) in [5.74, 6) is -0.957. The van der Waals surface area contributed by atoms with E-state index < -0.39 is 23.7 Å². The number of para-hydroxylation sites is 1. The molecule has 0 aliphatic carbocycles. The number of thiazole rings is 1. The molecule has 0 radical (unpaired) electrons. The number of carboxylic acid groups (broad SMARTS) is 1. The summed E-state index contributed by atoms with van der Waals surface area (Å²) >= 11 is 1.27. The van der Waals surface area contributed by atoms with Crippen molar-refractivity contribution >= 4 is 33.6 Å². The highest BCUT2D eigenvalue weighted by atomic mass is 32.1. The SMILES string of the molecule is CCC(C(=O)O)n1c(=NC(=O)OC(C)(C)C)sc2ccccc21. The highest BCUT2D eigenvalue weighted by molar-refractivity contribution is 7.16. The van der Waals surface area contributed by atoms with E-state index in [-0.39, 0.29) is 0 Å². The van der Waals surface area contributed by atoms with E-state index in [9.17, 15) is 14.7 Å². The second-order valence-electron chi connectivity index (χ2n) is 6.08. The minimum Gasteiger partial charge on any atom is -0.480 e. The molecule has 0 spiro atoms. The Morgan fingerprint density at radius 2 is 2.00 bits per heavy atom. The number of rotatable bonds is 3. The third kappa shape index (κ3) is 3.98. The van der Waals surface area contributed by atoms with E-state index in [1.54, 1.807) is 32.3 Å². The Bertz CT molecular complexity index is 798. The molecule has 0 aliphatic heterocycles. The molecule has 1 N–H and O–H groups in total. The van der Waals surface area contributed by atoms with Crippen molar-refractivity contribution in [1.29, 1.82) is 0 Å². The molecule has 0 saturated heterocycles. The lowest BCUT2D eigenvalue weighted by molar-refractivity contribution is -0.140. The van der Waals surface area contributed by atoms with Crippen molar-refractivity contribution in [2.75, 3.05) is 0 Å². The number of aromatic nitrogens is 1. The van der Waals surface area contributed by atoms with Gasteiger partial charge < -0.3 is 14.4 Å². The Kier molecular flexibility index (Phi) is 4.89. The average molecular weight is 336 g/mol. The molecule has 23 heavy (non-hydrogen) atoms. The summed E-state index contributed by atoms with van der Waals surface area (Å²) < 4.78 is 7.67. The largest absolute Gasteiger partial charge is 0.480 e. The molecule has 0 bridgehead atoms. The number of benzene rings is 1. The molecule has 1 amide bonds. The van der Waals surface area contributed by atoms with Gasteiger partial charge in [0.05, 0.1) is 10.2 Å². The highest BCUT2D eigenvalue weighted by Gasteiger charge is 2.22. The molecule has 2 rings (SSSR count). The summed E-state index contributed by atoms with van der Waals surface area (Å²) in [7, 11) is 0. The van der Waals surface area contributed by atoms with E-state index >= 15 is 0 Å². The van der Waals surface area contributed by atoms with Crippen LogP contribution < -0.4 is 4.80 Å².